The van der Waals surface area contributed by atoms with Gasteiger partial charge in [0.05, 0.1) is 32.8 Å². The van der Waals surface area contributed by atoms with Crippen molar-refractivity contribution in [3.63, 3.8) is 0 Å². The van der Waals surface area contributed by atoms with Crippen LogP contribution in [0.5, 0.6) is 17.2 Å². The van der Waals surface area contributed by atoms with Crippen molar-refractivity contribution >= 4 is 23.4 Å². The van der Waals surface area contributed by atoms with Crippen molar-refractivity contribution in [2.75, 3.05) is 32.4 Å². The average molecular weight is 411 g/mol. The first-order chi connectivity index (χ1) is 14.1. The minimum atomic E-state index is -0.125. The van der Waals surface area contributed by atoms with E-state index in [2.05, 4.69) is 15.5 Å². The summed E-state index contributed by atoms with van der Waals surface area (Å²) in [4.78, 5) is 12.1. The highest BCUT2D eigenvalue weighted by atomic mass is 32.2. The van der Waals surface area contributed by atoms with Crippen molar-refractivity contribution in [2.45, 2.75) is 5.03 Å². The molecular formula is C21H21N3O4S. The zero-order chi connectivity index (χ0) is 20.6. The lowest BCUT2D eigenvalue weighted by Gasteiger charge is -2.10. The van der Waals surface area contributed by atoms with Crippen molar-refractivity contribution in [1.29, 1.82) is 0 Å². The van der Waals surface area contributed by atoms with E-state index in [1.54, 1.807) is 45.6 Å². The number of hydrogen-bond acceptors (Lipinski definition) is 7. The maximum absolute atomic E-state index is 12.1. The lowest BCUT2D eigenvalue weighted by molar-refractivity contribution is -0.113. The average Bonchev–Trinajstić information content (AvgIpc) is 2.78. The number of nitrogens with zero attached hydrogens (tertiary/aromatic N) is 2. The van der Waals surface area contributed by atoms with Crippen LogP contribution >= 0.6 is 11.8 Å². The molecule has 0 unspecified atom stereocenters. The Morgan fingerprint density at radius 1 is 0.897 bits per heavy atom. The summed E-state index contributed by atoms with van der Waals surface area (Å²) < 4.78 is 15.8. The summed E-state index contributed by atoms with van der Waals surface area (Å²) in [7, 11) is 4.80. The van der Waals surface area contributed by atoms with Gasteiger partial charge in [-0.25, -0.2) is 0 Å². The third kappa shape index (κ3) is 5.39. The van der Waals surface area contributed by atoms with Gasteiger partial charge in [-0.2, -0.15) is 0 Å². The number of anilines is 1. The molecule has 0 aliphatic carbocycles. The van der Waals surface area contributed by atoms with Gasteiger partial charge in [0, 0.05) is 11.3 Å². The van der Waals surface area contributed by atoms with Crippen LogP contribution in [0.3, 0.4) is 0 Å². The number of carbonyl (C=O) groups excluding carboxylic acids is 1. The third-order valence-electron chi connectivity index (χ3n) is 4.05. The molecule has 0 saturated carbocycles. The molecule has 2 aromatic carbocycles. The van der Waals surface area contributed by atoms with Crippen molar-refractivity contribution in [2.24, 2.45) is 0 Å². The predicted molar refractivity (Wildman–Crippen MR) is 113 cm³/mol. The Labute approximate surface area is 173 Å². The topological polar surface area (TPSA) is 82.6 Å². The number of hydrogen-bond donors (Lipinski definition) is 1. The van der Waals surface area contributed by atoms with E-state index < -0.39 is 0 Å². The molecule has 0 radical (unpaired) electrons. The zero-order valence-corrected chi connectivity index (χ0v) is 17.2. The fourth-order valence-corrected chi connectivity index (χ4v) is 3.18. The molecule has 0 fully saturated rings. The number of methoxy groups -OCH3 is 3. The summed E-state index contributed by atoms with van der Waals surface area (Å²) in [5.74, 6) is 2.22. The number of benzene rings is 2. The van der Waals surface area contributed by atoms with E-state index in [4.69, 9.17) is 14.2 Å². The molecule has 150 valence electrons. The number of carbonyl (C=O) groups is 1. The fourth-order valence-electron chi connectivity index (χ4n) is 2.57. The van der Waals surface area contributed by atoms with Gasteiger partial charge in [-0.05, 0) is 54.6 Å². The maximum atomic E-state index is 12.1. The molecule has 3 rings (SSSR count). The second-order valence-corrected chi connectivity index (χ2v) is 6.88. The molecule has 3 aromatic rings. The lowest BCUT2D eigenvalue weighted by Crippen LogP contribution is -2.14. The van der Waals surface area contributed by atoms with Crippen molar-refractivity contribution < 1.29 is 19.0 Å². The van der Waals surface area contributed by atoms with E-state index >= 15 is 0 Å². The largest absolute Gasteiger partial charge is 0.497 e. The summed E-state index contributed by atoms with van der Waals surface area (Å²) >= 11 is 1.31. The predicted octanol–water partition coefficient (Wildman–Crippen LogP) is 3.90. The summed E-state index contributed by atoms with van der Waals surface area (Å²) in [5, 5.41) is 12.0. The van der Waals surface area contributed by atoms with Crippen molar-refractivity contribution in [3.05, 3.63) is 54.6 Å². The number of rotatable bonds is 8. The van der Waals surface area contributed by atoms with Gasteiger partial charge in [-0.3, -0.25) is 4.79 Å². The normalized spacial score (nSPS) is 10.3. The monoisotopic (exact) mass is 411 g/mol. The van der Waals surface area contributed by atoms with Gasteiger partial charge >= 0.3 is 0 Å². The molecule has 0 atom stereocenters. The molecule has 29 heavy (non-hydrogen) atoms. The van der Waals surface area contributed by atoms with Crippen LogP contribution in [-0.4, -0.2) is 43.2 Å². The third-order valence-corrected chi connectivity index (χ3v) is 4.97. The Bertz CT molecular complexity index is 963. The minimum Gasteiger partial charge on any atom is -0.497 e. The molecule has 0 aliphatic rings. The number of ether oxygens (including phenoxy) is 3. The number of aromatic nitrogens is 2. The van der Waals surface area contributed by atoms with Crippen LogP contribution in [-0.2, 0) is 4.79 Å². The first-order valence-electron chi connectivity index (χ1n) is 8.75. The summed E-state index contributed by atoms with van der Waals surface area (Å²) in [6.07, 6.45) is 0. The molecule has 0 bridgehead atoms. The minimum absolute atomic E-state index is 0.125. The van der Waals surface area contributed by atoms with Crippen LogP contribution in [0.25, 0.3) is 11.3 Å². The van der Waals surface area contributed by atoms with Gasteiger partial charge in [0.15, 0.2) is 0 Å². The quantitative estimate of drug-likeness (QED) is 0.563. The number of thioether (sulfide) groups is 1. The Balaban J connectivity index is 1.61. The van der Waals surface area contributed by atoms with Gasteiger partial charge in [0.2, 0.25) is 5.91 Å². The lowest BCUT2D eigenvalue weighted by atomic mass is 10.1. The smallest absolute Gasteiger partial charge is 0.234 e. The molecule has 1 amide bonds. The van der Waals surface area contributed by atoms with Gasteiger partial charge in [0.25, 0.3) is 0 Å². The summed E-state index contributed by atoms with van der Waals surface area (Å²) in [6, 6.07) is 16.3. The molecule has 1 heterocycles. The van der Waals surface area contributed by atoms with E-state index in [9.17, 15) is 4.79 Å². The fraction of sp³-hybridized carbons (Fsp3) is 0.190. The van der Waals surface area contributed by atoms with E-state index in [0.29, 0.717) is 27.9 Å². The van der Waals surface area contributed by atoms with E-state index in [-0.39, 0.29) is 11.7 Å². The highest BCUT2D eigenvalue weighted by Crippen LogP contribution is 2.32. The standard InChI is InChI=1S/C21H21N3O4S/c1-26-15-6-4-14(5-7-15)22-20(25)13-29-21-11-9-18(23-24-21)17-12-16(27-2)8-10-19(17)28-3/h4-12H,13H2,1-3H3,(H,22,25). The SMILES string of the molecule is COc1ccc(NC(=O)CSc2ccc(-c3cc(OC)ccc3OC)nn2)cc1. The second kappa shape index (κ2) is 9.79. The molecule has 1 aromatic heterocycles. The zero-order valence-electron chi connectivity index (χ0n) is 16.3. The Kier molecular flexibility index (Phi) is 6.91. The molecule has 0 saturated heterocycles. The molecule has 0 aliphatic heterocycles. The number of nitrogens with one attached hydrogen (secondary N) is 1. The highest BCUT2D eigenvalue weighted by molar-refractivity contribution is 7.99. The Hall–Kier alpha value is -3.26. The summed E-state index contributed by atoms with van der Waals surface area (Å²) in [6.45, 7) is 0. The van der Waals surface area contributed by atoms with Gasteiger partial charge < -0.3 is 19.5 Å². The van der Waals surface area contributed by atoms with Crippen LogP contribution in [0.2, 0.25) is 0 Å². The van der Waals surface area contributed by atoms with Crippen LogP contribution in [0, 0.1) is 0 Å². The van der Waals surface area contributed by atoms with Crippen molar-refractivity contribution in [3.8, 4) is 28.5 Å². The highest BCUT2D eigenvalue weighted by Gasteiger charge is 2.11. The Morgan fingerprint density at radius 3 is 2.24 bits per heavy atom. The van der Waals surface area contributed by atoms with Crippen molar-refractivity contribution in [1.82, 2.24) is 10.2 Å². The first kappa shape index (κ1) is 20.5. The van der Waals surface area contributed by atoms with Crippen LogP contribution in [0.4, 0.5) is 5.69 Å². The van der Waals surface area contributed by atoms with Crippen LogP contribution < -0.4 is 19.5 Å². The first-order valence-corrected chi connectivity index (χ1v) is 9.74. The van der Waals surface area contributed by atoms with Crippen LogP contribution in [0.15, 0.2) is 59.6 Å². The molecule has 7 nitrogen and oxygen atoms in total. The molecular weight excluding hydrogens is 390 g/mol. The van der Waals surface area contributed by atoms with E-state index in [1.165, 1.54) is 11.8 Å². The van der Waals surface area contributed by atoms with Crippen LogP contribution in [0.1, 0.15) is 0 Å². The molecule has 1 N–H and O–H groups in total. The van der Waals surface area contributed by atoms with Gasteiger partial charge in [-0.15, -0.1) is 10.2 Å². The molecule has 8 heteroatoms. The molecule has 0 spiro atoms. The summed E-state index contributed by atoms with van der Waals surface area (Å²) in [5.41, 5.74) is 2.16. The van der Waals surface area contributed by atoms with E-state index in [0.717, 1.165) is 11.3 Å². The van der Waals surface area contributed by atoms with Gasteiger partial charge in [0.1, 0.15) is 22.3 Å². The maximum Gasteiger partial charge on any atom is 0.234 e. The second-order valence-electron chi connectivity index (χ2n) is 5.89. The van der Waals surface area contributed by atoms with Gasteiger partial charge in [-0.1, -0.05) is 11.8 Å². The van der Waals surface area contributed by atoms with E-state index in [1.807, 2.05) is 30.3 Å². The Morgan fingerprint density at radius 2 is 1.62 bits per heavy atom. The number of amides is 1.